The molecule has 0 bridgehead atoms. The first-order valence-corrected chi connectivity index (χ1v) is 11.4. The molecule has 4 nitrogen and oxygen atoms in total. The molecule has 1 aliphatic carbocycles. The van der Waals surface area contributed by atoms with Gasteiger partial charge in [0.1, 0.15) is 0 Å². The van der Waals surface area contributed by atoms with Gasteiger partial charge in [0, 0.05) is 54.2 Å². The van der Waals surface area contributed by atoms with Gasteiger partial charge in [-0.25, -0.2) is 0 Å². The summed E-state index contributed by atoms with van der Waals surface area (Å²) in [7, 11) is 0. The molecule has 2 atom stereocenters. The van der Waals surface area contributed by atoms with Crippen LogP contribution >= 0.6 is 0 Å². The average Bonchev–Trinajstić information content (AvgIpc) is 3.43. The molecule has 0 radical (unpaired) electrons. The van der Waals surface area contributed by atoms with Crippen LogP contribution in [0, 0.1) is 0 Å². The highest BCUT2D eigenvalue weighted by Gasteiger charge is 2.26. The van der Waals surface area contributed by atoms with Crippen LogP contribution in [0.15, 0.2) is 60.9 Å². The maximum atomic E-state index is 4.15. The van der Waals surface area contributed by atoms with E-state index in [2.05, 4.69) is 76.1 Å². The zero-order chi connectivity index (χ0) is 20.8. The summed E-state index contributed by atoms with van der Waals surface area (Å²) in [6, 6.07) is 18.7. The van der Waals surface area contributed by atoms with E-state index in [0.717, 1.165) is 19.5 Å². The second-order valence-electron chi connectivity index (χ2n) is 8.98. The highest BCUT2D eigenvalue weighted by molar-refractivity contribution is 5.89. The van der Waals surface area contributed by atoms with Gasteiger partial charge in [-0.15, -0.1) is 0 Å². The molecule has 1 aliphatic heterocycles. The molecule has 3 heterocycles. The van der Waals surface area contributed by atoms with Crippen molar-refractivity contribution in [3.8, 4) is 11.1 Å². The lowest BCUT2D eigenvalue weighted by Gasteiger charge is -2.27. The number of rotatable bonds is 4. The summed E-state index contributed by atoms with van der Waals surface area (Å²) in [6.07, 6.45) is 7.28. The van der Waals surface area contributed by atoms with Crippen LogP contribution in [-0.4, -0.2) is 9.97 Å². The second-order valence-corrected chi connectivity index (χ2v) is 8.98. The summed E-state index contributed by atoms with van der Waals surface area (Å²) < 4.78 is 0. The predicted molar refractivity (Wildman–Crippen MR) is 126 cm³/mol. The minimum Gasteiger partial charge on any atom is -0.357 e. The van der Waals surface area contributed by atoms with Crippen molar-refractivity contribution in [1.82, 2.24) is 20.6 Å². The summed E-state index contributed by atoms with van der Waals surface area (Å²) in [5.41, 5.74) is 10.9. The molecule has 156 valence electrons. The summed E-state index contributed by atoms with van der Waals surface area (Å²) in [4.78, 5) is 7.91. The second kappa shape index (κ2) is 7.63. The molecule has 4 aromatic rings. The molecular formula is C27H28N4. The van der Waals surface area contributed by atoms with Gasteiger partial charge in [0.15, 0.2) is 0 Å². The Labute approximate surface area is 183 Å². The van der Waals surface area contributed by atoms with E-state index in [-0.39, 0.29) is 0 Å². The van der Waals surface area contributed by atoms with Gasteiger partial charge >= 0.3 is 0 Å². The molecule has 6 rings (SSSR count). The van der Waals surface area contributed by atoms with Crippen LogP contribution in [0.25, 0.3) is 22.0 Å². The molecule has 31 heavy (non-hydrogen) atoms. The Kier molecular flexibility index (Phi) is 4.62. The topological polar surface area (TPSA) is 52.7 Å². The number of nitrogens with one attached hydrogen (secondary N) is 3. The fourth-order valence-corrected chi connectivity index (χ4v) is 5.33. The Balaban J connectivity index is 1.34. The number of hydrogen-bond acceptors (Lipinski definition) is 3. The van der Waals surface area contributed by atoms with Gasteiger partial charge < -0.3 is 15.6 Å². The maximum Gasteiger partial charge on any atom is 0.0480 e. The zero-order valence-electron chi connectivity index (χ0n) is 17.9. The molecule has 2 aliphatic rings. The third-order valence-electron chi connectivity index (χ3n) is 7.03. The highest BCUT2D eigenvalue weighted by Crippen LogP contribution is 2.38. The third kappa shape index (κ3) is 3.36. The van der Waals surface area contributed by atoms with Gasteiger partial charge in [-0.1, -0.05) is 18.2 Å². The van der Waals surface area contributed by atoms with E-state index in [1.807, 2.05) is 12.4 Å². The number of nitrogens with zero attached hydrogens (tertiary/aromatic N) is 1. The molecule has 2 aromatic carbocycles. The number of benzene rings is 2. The largest absolute Gasteiger partial charge is 0.357 e. The van der Waals surface area contributed by atoms with Crippen molar-refractivity contribution in [2.75, 3.05) is 0 Å². The zero-order valence-corrected chi connectivity index (χ0v) is 17.9. The van der Waals surface area contributed by atoms with Crippen molar-refractivity contribution < 1.29 is 0 Å². The lowest BCUT2D eigenvalue weighted by Crippen LogP contribution is -2.27. The normalized spacial score (nSPS) is 18.7. The number of fused-ring (bicyclic) bond motifs is 4. The monoisotopic (exact) mass is 408 g/mol. The van der Waals surface area contributed by atoms with Gasteiger partial charge in [-0.05, 0) is 89.9 Å². The van der Waals surface area contributed by atoms with E-state index in [4.69, 9.17) is 0 Å². The standard InChI is InChI=1S/C27H28N4/c1-17(18-9-11-28-12-10-18)30-26-4-2-3-23-24-14-20(7-8-25(24)31-27(23)26)19-5-6-21-15-29-16-22(21)13-19/h5-14,17,26,29-31H,2-4,15-16H2,1H3/t17-,26?/m1/s1. The molecule has 0 amide bonds. The lowest BCUT2D eigenvalue weighted by molar-refractivity contribution is 0.410. The molecular weight excluding hydrogens is 380 g/mol. The van der Waals surface area contributed by atoms with Crippen molar-refractivity contribution in [1.29, 1.82) is 0 Å². The molecule has 0 fully saturated rings. The smallest absolute Gasteiger partial charge is 0.0480 e. The van der Waals surface area contributed by atoms with E-state index in [0.29, 0.717) is 12.1 Å². The summed E-state index contributed by atoms with van der Waals surface area (Å²) >= 11 is 0. The minimum absolute atomic E-state index is 0.293. The lowest BCUT2D eigenvalue weighted by atomic mass is 9.90. The molecule has 0 saturated heterocycles. The SMILES string of the molecule is C[C@@H](NC1CCCc2c1[nH]c1ccc(-c3ccc4c(c3)CNC4)cc21)c1ccncc1. The van der Waals surface area contributed by atoms with Gasteiger partial charge in [0.25, 0.3) is 0 Å². The maximum absolute atomic E-state index is 4.15. The first-order valence-electron chi connectivity index (χ1n) is 11.4. The molecule has 0 spiro atoms. The Hall–Kier alpha value is -2.95. The van der Waals surface area contributed by atoms with Crippen LogP contribution < -0.4 is 10.6 Å². The van der Waals surface area contributed by atoms with Gasteiger partial charge in [-0.2, -0.15) is 0 Å². The van der Waals surface area contributed by atoms with E-state index < -0.39 is 0 Å². The summed E-state index contributed by atoms with van der Waals surface area (Å²) in [5, 5.41) is 8.69. The molecule has 3 N–H and O–H groups in total. The van der Waals surface area contributed by atoms with E-state index in [1.165, 1.54) is 62.8 Å². The number of pyridine rings is 1. The number of aromatic nitrogens is 2. The third-order valence-corrected chi connectivity index (χ3v) is 7.03. The number of hydrogen-bond donors (Lipinski definition) is 3. The summed E-state index contributed by atoms with van der Waals surface area (Å²) in [5.74, 6) is 0. The molecule has 4 heteroatoms. The first kappa shape index (κ1) is 18.8. The minimum atomic E-state index is 0.293. The number of aryl methyl sites for hydroxylation is 1. The molecule has 1 unspecified atom stereocenters. The van der Waals surface area contributed by atoms with Crippen LogP contribution in [0.2, 0.25) is 0 Å². The predicted octanol–water partition coefficient (Wildman–Crippen LogP) is 5.56. The molecule has 0 saturated carbocycles. The number of H-pyrrole nitrogens is 1. The van der Waals surface area contributed by atoms with E-state index >= 15 is 0 Å². The Bertz CT molecular complexity index is 1240. The molecule has 2 aromatic heterocycles. The van der Waals surface area contributed by atoms with E-state index in [9.17, 15) is 0 Å². The first-order chi connectivity index (χ1) is 15.3. The fraction of sp³-hybridized carbons (Fsp3) is 0.296. The van der Waals surface area contributed by atoms with Gasteiger partial charge in [0.05, 0.1) is 0 Å². The quantitative estimate of drug-likeness (QED) is 0.414. The Morgan fingerprint density at radius 1 is 0.968 bits per heavy atom. The van der Waals surface area contributed by atoms with Crippen molar-refractivity contribution in [3.05, 3.63) is 88.9 Å². The Morgan fingerprint density at radius 2 is 1.77 bits per heavy atom. The van der Waals surface area contributed by atoms with Crippen molar-refractivity contribution in [2.45, 2.75) is 51.4 Å². The highest BCUT2D eigenvalue weighted by atomic mass is 15.0. The van der Waals surface area contributed by atoms with Crippen LogP contribution in [-0.2, 0) is 19.5 Å². The van der Waals surface area contributed by atoms with Crippen LogP contribution in [0.5, 0.6) is 0 Å². The van der Waals surface area contributed by atoms with Gasteiger partial charge in [-0.3, -0.25) is 4.98 Å². The van der Waals surface area contributed by atoms with Crippen molar-refractivity contribution in [3.63, 3.8) is 0 Å². The van der Waals surface area contributed by atoms with Gasteiger partial charge in [0.2, 0.25) is 0 Å². The van der Waals surface area contributed by atoms with Crippen LogP contribution in [0.4, 0.5) is 0 Å². The average molecular weight is 409 g/mol. The van der Waals surface area contributed by atoms with Crippen LogP contribution in [0.3, 0.4) is 0 Å². The van der Waals surface area contributed by atoms with Crippen LogP contribution in [0.1, 0.15) is 59.8 Å². The number of aromatic amines is 1. The van der Waals surface area contributed by atoms with E-state index in [1.54, 1.807) is 0 Å². The fourth-order valence-electron chi connectivity index (χ4n) is 5.33. The Morgan fingerprint density at radius 3 is 2.68 bits per heavy atom. The summed E-state index contributed by atoms with van der Waals surface area (Å²) in [6.45, 7) is 4.22. The van der Waals surface area contributed by atoms with Crippen molar-refractivity contribution >= 4 is 10.9 Å². The van der Waals surface area contributed by atoms with Crippen molar-refractivity contribution in [2.24, 2.45) is 0 Å².